The van der Waals surface area contributed by atoms with Crippen molar-refractivity contribution < 1.29 is 4.39 Å². The van der Waals surface area contributed by atoms with Crippen molar-refractivity contribution in [2.45, 2.75) is 38.9 Å². The minimum atomic E-state index is -0.819. The first-order chi connectivity index (χ1) is 23.2. The molecule has 0 spiro atoms. The van der Waals surface area contributed by atoms with Gasteiger partial charge in [-0.15, -0.1) is 0 Å². The normalized spacial score (nSPS) is 12.5. The summed E-state index contributed by atoms with van der Waals surface area (Å²) in [5.41, 5.74) is 14.9. The molecular formula is C43H43FN4. The maximum Gasteiger partial charge on any atom is 0.123 e. The van der Waals surface area contributed by atoms with Gasteiger partial charge in [0.2, 0.25) is 0 Å². The molecule has 0 radical (unpaired) electrons. The summed E-state index contributed by atoms with van der Waals surface area (Å²) >= 11 is 0. The number of nitrogen functional groups attached to an aromatic ring is 1. The molecule has 242 valence electrons. The molecule has 5 aromatic rings. The molecule has 0 aromatic heterocycles. The number of halogens is 1. The van der Waals surface area contributed by atoms with Crippen LogP contribution in [0.15, 0.2) is 163 Å². The molecule has 0 heterocycles. The van der Waals surface area contributed by atoms with E-state index in [2.05, 4.69) is 53.6 Å². The number of hydrogen-bond acceptors (Lipinski definition) is 4. The van der Waals surface area contributed by atoms with Crippen LogP contribution < -0.4 is 16.4 Å². The highest BCUT2D eigenvalue weighted by molar-refractivity contribution is 6.16. The van der Waals surface area contributed by atoms with Gasteiger partial charge in [0.25, 0.3) is 0 Å². The number of nitrogens with two attached hydrogens (primary N) is 1. The molecule has 0 saturated carbocycles. The van der Waals surface area contributed by atoms with Crippen molar-refractivity contribution in [2.75, 3.05) is 11.1 Å². The second kappa shape index (κ2) is 15.4. The second-order valence-corrected chi connectivity index (χ2v) is 12.0. The standard InChI is InChI=1S/C43H43FN4/c1-5-15-33(26-30(2)3)42(46)39-27-34(29-47-31(4)32-22-24-38(44)25-23-32)40(45)28-41(39)48-43(35-16-9-6-10-17-35,36-18-11-7-12-19-36)37-20-13-8-14-21-37/h5-28,31,46-48H,2,29,45H2,1,3-4H3/b15-5-,33-26+,46-42?. The van der Waals surface area contributed by atoms with E-state index in [1.165, 1.54) is 12.1 Å². The van der Waals surface area contributed by atoms with E-state index < -0.39 is 5.54 Å². The summed E-state index contributed by atoms with van der Waals surface area (Å²) in [6.45, 7) is 10.5. The minimum absolute atomic E-state index is 0.0468. The Morgan fingerprint density at radius 3 is 1.85 bits per heavy atom. The Morgan fingerprint density at radius 1 is 0.854 bits per heavy atom. The third-order valence-corrected chi connectivity index (χ3v) is 8.50. The molecule has 5 rings (SSSR count). The van der Waals surface area contributed by atoms with Gasteiger partial charge in [-0.05, 0) is 78.4 Å². The molecule has 0 aliphatic rings. The summed E-state index contributed by atoms with van der Waals surface area (Å²) in [6.07, 6.45) is 5.79. The van der Waals surface area contributed by atoms with Gasteiger partial charge >= 0.3 is 0 Å². The van der Waals surface area contributed by atoms with Crippen molar-refractivity contribution in [1.82, 2.24) is 5.32 Å². The summed E-state index contributed by atoms with van der Waals surface area (Å²) in [5.74, 6) is -0.265. The van der Waals surface area contributed by atoms with Gasteiger partial charge in [-0.1, -0.05) is 134 Å². The molecule has 1 atom stereocenters. The summed E-state index contributed by atoms with van der Waals surface area (Å²) in [4.78, 5) is 0. The fraction of sp³-hybridized carbons (Fsp3) is 0.140. The van der Waals surface area contributed by atoms with Gasteiger partial charge in [0.05, 0.1) is 5.71 Å². The monoisotopic (exact) mass is 634 g/mol. The molecular weight excluding hydrogens is 591 g/mol. The fourth-order valence-corrected chi connectivity index (χ4v) is 6.04. The van der Waals surface area contributed by atoms with Crippen LogP contribution in [-0.4, -0.2) is 5.71 Å². The third-order valence-electron chi connectivity index (χ3n) is 8.50. The van der Waals surface area contributed by atoms with Gasteiger partial charge in [0.1, 0.15) is 11.4 Å². The first kappa shape index (κ1) is 33.8. The van der Waals surface area contributed by atoms with Crippen LogP contribution in [0.1, 0.15) is 60.2 Å². The van der Waals surface area contributed by atoms with Crippen molar-refractivity contribution in [3.63, 3.8) is 0 Å². The van der Waals surface area contributed by atoms with Gasteiger partial charge in [-0.25, -0.2) is 4.39 Å². The summed E-state index contributed by atoms with van der Waals surface area (Å²) in [5, 5.41) is 17.1. The highest BCUT2D eigenvalue weighted by Gasteiger charge is 2.37. The smallest absolute Gasteiger partial charge is 0.123 e. The molecule has 4 nitrogen and oxygen atoms in total. The lowest BCUT2D eigenvalue weighted by Gasteiger charge is -2.38. The number of benzene rings is 5. The van der Waals surface area contributed by atoms with Gasteiger partial charge in [-0.2, -0.15) is 0 Å². The highest BCUT2D eigenvalue weighted by atomic mass is 19.1. The molecule has 0 bridgehead atoms. The van der Waals surface area contributed by atoms with Crippen molar-refractivity contribution in [3.8, 4) is 0 Å². The summed E-state index contributed by atoms with van der Waals surface area (Å²) in [7, 11) is 0. The van der Waals surface area contributed by atoms with Crippen LogP contribution in [0.3, 0.4) is 0 Å². The van der Waals surface area contributed by atoms with Crippen molar-refractivity contribution in [3.05, 3.63) is 203 Å². The molecule has 5 N–H and O–H groups in total. The number of allylic oxidation sites excluding steroid dienone is 5. The van der Waals surface area contributed by atoms with Crippen LogP contribution in [0, 0.1) is 11.2 Å². The quantitative estimate of drug-likeness (QED) is 0.0451. The third kappa shape index (κ3) is 7.54. The van der Waals surface area contributed by atoms with Crippen molar-refractivity contribution >= 4 is 17.1 Å². The van der Waals surface area contributed by atoms with Crippen molar-refractivity contribution in [1.29, 1.82) is 5.41 Å². The van der Waals surface area contributed by atoms with Gasteiger partial charge in [0.15, 0.2) is 0 Å². The Bertz CT molecular complexity index is 1810. The SMILES string of the molecule is C=C(C)/C=C(\C=C/C)C(=N)c1cc(CNC(C)c2ccc(F)cc2)c(N)cc1NC(c1ccccc1)(c1ccccc1)c1ccccc1. The first-order valence-electron chi connectivity index (χ1n) is 16.2. The first-order valence-corrected chi connectivity index (χ1v) is 16.2. The minimum Gasteiger partial charge on any atom is -0.398 e. The number of rotatable bonds is 13. The predicted octanol–water partition coefficient (Wildman–Crippen LogP) is 10.1. The Kier molecular flexibility index (Phi) is 10.8. The van der Waals surface area contributed by atoms with Crippen LogP contribution in [0.2, 0.25) is 0 Å². The highest BCUT2D eigenvalue weighted by Crippen LogP contribution is 2.42. The summed E-state index contributed by atoms with van der Waals surface area (Å²) < 4.78 is 13.6. The fourth-order valence-electron chi connectivity index (χ4n) is 6.04. The number of hydrogen-bond donors (Lipinski definition) is 4. The van der Waals surface area contributed by atoms with E-state index in [0.717, 1.165) is 44.7 Å². The molecule has 0 aliphatic heterocycles. The maximum atomic E-state index is 13.6. The van der Waals surface area contributed by atoms with Crippen LogP contribution in [0.5, 0.6) is 0 Å². The molecule has 5 aromatic carbocycles. The Hall–Kier alpha value is -5.52. The predicted molar refractivity (Wildman–Crippen MR) is 200 cm³/mol. The Balaban J connectivity index is 1.69. The maximum absolute atomic E-state index is 13.6. The zero-order chi connectivity index (χ0) is 34.1. The molecule has 0 saturated heterocycles. The molecule has 48 heavy (non-hydrogen) atoms. The van der Waals surface area contributed by atoms with Crippen LogP contribution >= 0.6 is 0 Å². The van der Waals surface area contributed by atoms with E-state index in [1.807, 2.05) is 106 Å². The lowest BCUT2D eigenvalue weighted by molar-refractivity contribution is 0.571. The second-order valence-electron chi connectivity index (χ2n) is 12.0. The number of nitrogens with one attached hydrogen (secondary N) is 3. The Morgan fingerprint density at radius 2 is 1.38 bits per heavy atom. The zero-order valence-corrected chi connectivity index (χ0v) is 27.8. The molecule has 0 fully saturated rings. The van der Waals surface area contributed by atoms with E-state index in [9.17, 15) is 9.80 Å². The number of anilines is 2. The van der Waals surface area contributed by atoms with Crippen LogP contribution in [0.4, 0.5) is 15.8 Å². The molecule has 1 unspecified atom stereocenters. The van der Waals surface area contributed by atoms with Gasteiger partial charge < -0.3 is 16.4 Å². The van der Waals surface area contributed by atoms with Crippen molar-refractivity contribution in [2.24, 2.45) is 0 Å². The van der Waals surface area contributed by atoms with E-state index >= 15 is 0 Å². The van der Waals surface area contributed by atoms with Gasteiger partial charge in [0, 0.05) is 29.5 Å². The average molecular weight is 635 g/mol. The molecule has 0 amide bonds. The average Bonchev–Trinajstić information content (AvgIpc) is 3.11. The van der Waals surface area contributed by atoms with E-state index in [1.54, 1.807) is 12.1 Å². The lowest BCUT2D eigenvalue weighted by atomic mass is 9.76. The van der Waals surface area contributed by atoms with Crippen LogP contribution in [0.25, 0.3) is 0 Å². The topological polar surface area (TPSA) is 73.9 Å². The van der Waals surface area contributed by atoms with E-state index in [-0.39, 0.29) is 11.9 Å². The molecule has 0 aliphatic carbocycles. The van der Waals surface area contributed by atoms with Crippen LogP contribution in [-0.2, 0) is 12.1 Å². The summed E-state index contributed by atoms with van der Waals surface area (Å²) in [6, 6.07) is 41.5. The zero-order valence-electron chi connectivity index (χ0n) is 27.8. The van der Waals surface area contributed by atoms with Gasteiger partial charge in [-0.3, -0.25) is 5.41 Å². The van der Waals surface area contributed by atoms with E-state index in [4.69, 9.17) is 5.73 Å². The van der Waals surface area contributed by atoms with E-state index in [0.29, 0.717) is 23.5 Å². The molecule has 5 heteroatoms. The lowest BCUT2D eigenvalue weighted by Crippen LogP contribution is -2.38. The Labute approximate surface area is 284 Å². The largest absolute Gasteiger partial charge is 0.398 e.